The topological polar surface area (TPSA) is 63.1 Å². The molecule has 4 rings (SSSR count). The van der Waals surface area contributed by atoms with Crippen LogP contribution in [0.15, 0.2) is 36.4 Å². The molecule has 8 heteroatoms. The van der Waals surface area contributed by atoms with E-state index in [1.165, 1.54) is 5.56 Å². The number of carbonyl (C=O) groups excluding carboxylic acids is 1. The van der Waals surface area contributed by atoms with E-state index >= 15 is 0 Å². The first-order valence-electron chi connectivity index (χ1n) is 10.3. The van der Waals surface area contributed by atoms with Crippen LogP contribution >= 0.6 is 22.9 Å². The van der Waals surface area contributed by atoms with Crippen molar-refractivity contribution in [1.29, 1.82) is 0 Å². The summed E-state index contributed by atoms with van der Waals surface area (Å²) >= 11 is 7.50. The van der Waals surface area contributed by atoms with Gasteiger partial charge in [-0.05, 0) is 62.9 Å². The van der Waals surface area contributed by atoms with Crippen LogP contribution in [0.1, 0.15) is 29.8 Å². The molecule has 1 aromatic carbocycles. The summed E-state index contributed by atoms with van der Waals surface area (Å²) in [6, 6.07) is 11.9. The number of aryl methyl sites for hydroxylation is 2. The Morgan fingerprint density at radius 1 is 1.13 bits per heavy atom. The molecular weight excluding hydrogens is 418 g/mol. The van der Waals surface area contributed by atoms with Gasteiger partial charge in [-0.25, -0.2) is 0 Å². The van der Waals surface area contributed by atoms with Gasteiger partial charge >= 0.3 is 0 Å². The van der Waals surface area contributed by atoms with Gasteiger partial charge in [0.25, 0.3) is 0 Å². The van der Waals surface area contributed by atoms with E-state index in [0.29, 0.717) is 13.1 Å². The molecule has 0 aliphatic carbocycles. The Bertz CT molecular complexity index is 993. The number of anilines is 1. The summed E-state index contributed by atoms with van der Waals surface area (Å²) in [6.07, 6.45) is 2.69. The number of nitrogens with one attached hydrogen (secondary N) is 1. The molecule has 2 aromatic heterocycles. The van der Waals surface area contributed by atoms with Crippen molar-refractivity contribution in [3.8, 4) is 5.13 Å². The molecule has 3 heterocycles. The lowest BCUT2D eigenvalue weighted by Gasteiger charge is -2.31. The number of aromatic nitrogens is 3. The van der Waals surface area contributed by atoms with E-state index in [2.05, 4.69) is 51.0 Å². The van der Waals surface area contributed by atoms with E-state index in [-0.39, 0.29) is 11.8 Å². The Balaban J connectivity index is 1.34. The standard InChI is InChI=1S/C22H26ClN5OS/c1-15-5-6-16(2)28(15)22-26-25-21(30-22)27-13-3-4-18(14-27)20(29)24-12-11-17-7-9-19(23)10-8-17/h5-10,18H,3-4,11-14H2,1-2H3,(H,24,29). The zero-order valence-electron chi connectivity index (χ0n) is 17.3. The quantitative estimate of drug-likeness (QED) is 0.620. The third-order valence-corrected chi connectivity index (χ3v) is 6.78. The molecule has 1 N–H and O–H groups in total. The van der Waals surface area contributed by atoms with Gasteiger partial charge < -0.3 is 10.2 Å². The SMILES string of the molecule is Cc1ccc(C)n1-c1nnc(N2CCCC(C(=O)NCCc3ccc(Cl)cc3)C2)s1. The Hall–Kier alpha value is -2.38. The van der Waals surface area contributed by atoms with Crippen molar-refractivity contribution in [2.75, 3.05) is 24.5 Å². The van der Waals surface area contributed by atoms with Crippen LogP contribution in [0.4, 0.5) is 5.13 Å². The smallest absolute Gasteiger partial charge is 0.224 e. The van der Waals surface area contributed by atoms with Crippen LogP contribution in [0.5, 0.6) is 0 Å². The molecule has 1 aliphatic heterocycles. The van der Waals surface area contributed by atoms with Crippen LogP contribution in [0, 0.1) is 19.8 Å². The van der Waals surface area contributed by atoms with Crippen LogP contribution < -0.4 is 10.2 Å². The molecule has 1 atom stereocenters. The van der Waals surface area contributed by atoms with Gasteiger partial charge in [0.15, 0.2) is 0 Å². The maximum atomic E-state index is 12.7. The number of carbonyl (C=O) groups is 1. The highest BCUT2D eigenvalue weighted by Crippen LogP contribution is 2.29. The van der Waals surface area contributed by atoms with Crippen molar-refractivity contribution in [2.24, 2.45) is 5.92 Å². The van der Waals surface area contributed by atoms with Gasteiger partial charge in [-0.3, -0.25) is 9.36 Å². The second-order valence-corrected chi connectivity index (χ2v) is 9.14. The van der Waals surface area contributed by atoms with Crippen molar-refractivity contribution in [3.63, 3.8) is 0 Å². The molecule has 1 amide bonds. The number of rotatable bonds is 6. The lowest BCUT2D eigenvalue weighted by molar-refractivity contribution is -0.125. The minimum atomic E-state index is -0.0219. The Morgan fingerprint density at radius 3 is 2.57 bits per heavy atom. The molecule has 158 valence electrons. The molecule has 0 bridgehead atoms. The van der Waals surface area contributed by atoms with E-state index in [1.807, 2.05) is 24.3 Å². The Kier molecular flexibility index (Phi) is 6.39. The van der Waals surface area contributed by atoms with Gasteiger partial charge in [0.05, 0.1) is 5.92 Å². The third kappa shape index (κ3) is 4.68. The minimum absolute atomic E-state index is 0.0219. The normalized spacial score (nSPS) is 16.6. The minimum Gasteiger partial charge on any atom is -0.355 e. The molecule has 1 aliphatic rings. The first kappa shape index (κ1) is 20.9. The summed E-state index contributed by atoms with van der Waals surface area (Å²) in [4.78, 5) is 14.9. The zero-order valence-corrected chi connectivity index (χ0v) is 18.8. The lowest BCUT2D eigenvalue weighted by atomic mass is 9.97. The predicted molar refractivity (Wildman–Crippen MR) is 122 cm³/mol. The number of benzene rings is 1. The van der Waals surface area contributed by atoms with Gasteiger partial charge in [-0.2, -0.15) is 0 Å². The van der Waals surface area contributed by atoms with Gasteiger partial charge in [0, 0.05) is 36.0 Å². The molecule has 1 saturated heterocycles. The fraction of sp³-hybridized carbons (Fsp3) is 0.409. The molecule has 0 radical (unpaired) electrons. The van der Waals surface area contributed by atoms with Crippen LogP contribution in [0.2, 0.25) is 5.02 Å². The molecule has 0 saturated carbocycles. The largest absolute Gasteiger partial charge is 0.355 e. The van der Waals surface area contributed by atoms with Crippen molar-refractivity contribution in [1.82, 2.24) is 20.1 Å². The molecule has 30 heavy (non-hydrogen) atoms. The fourth-order valence-corrected chi connectivity index (χ4v) is 5.01. The second-order valence-electron chi connectivity index (χ2n) is 7.77. The number of piperidine rings is 1. The third-order valence-electron chi connectivity index (χ3n) is 5.55. The molecular formula is C22H26ClN5OS. The number of nitrogens with zero attached hydrogens (tertiary/aromatic N) is 4. The van der Waals surface area contributed by atoms with E-state index in [9.17, 15) is 4.79 Å². The first-order chi connectivity index (χ1) is 14.5. The van der Waals surface area contributed by atoms with E-state index in [0.717, 1.165) is 52.5 Å². The molecule has 3 aromatic rings. The van der Waals surface area contributed by atoms with Crippen molar-refractivity contribution in [2.45, 2.75) is 33.1 Å². The summed E-state index contributed by atoms with van der Waals surface area (Å²) in [5.74, 6) is 0.0990. The maximum absolute atomic E-state index is 12.7. The maximum Gasteiger partial charge on any atom is 0.224 e. The lowest BCUT2D eigenvalue weighted by Crippen LogP contribution is -2.43. The summed E-state index contributed by atoms with van der Waals surface area (Å²) in [7, 11) is 0. The fourth-order valence-electron chi connectivity index (χ4n) is 3.89. The number of hydrogen-bond donors (Lipinski definition) is 1. The molecule has 1 fully saturated rings. The van der Waals surface area contributed by atoms with E-state index in [4.69, 9.17) is 11.6 Å². The van der Waals surface area contributed by atoms with Crippen LogP contribution in [0.3, 0.4) is 0 Å². The highest BCUT2D eigenvalue weighted by molar-refractivity contribution is 7.17. The summed E-state index contributed by atoms with van der Waals surface area (Å²) < 4.78 is 2.12. The van der Waals surface area contributed by atoms with Gasteiger partial charge in [0.1, 0.15) is 0 Å². The molecule has 0 spiro atoms. The highest BCUT2D eigenvalue weighted by Gasteiger charge is 2.27. The van der Waals surface area contributed by atoms with Gasteiger partial charge in [-0.1, -0.05) is 35.1 Å². The average Bonchev–Trinajstić information content (AvgIpc) is 3.36. The first-order valence-corrected chi connectivity index (χ1v) is 11.5. The predicted octanol–water partition coefficient (Wildman–Crippen LogP) is 4.17. The zero-order chi connectivity index (χ0) is 21.1. The van der Waals surface area contributed by atoms with Crippen LogP contribution in [0.25, 0.3) is 5.13 Å². The summed E-state index contributed by atoms with van der Waals surface area (Å²) in [5.41, 5.74) is 3.46. The Labute approximate surface area is 185 Å². The highest BCUT2D eigenvalue weighted by atomic mass is 35.5. The number of halogens is 1. The Morgan fingerprint density at radius 2 is 1.83 bits per heavy atom. The van der Waals surface area contributed by atoms with E-state index in [1.54, 1.807) is 11.3 Å². The van der Waals surface area contributed by atoms with E-state index < -0.39 is 0 Å². The second kappa shape index (κ2) is 9.18. The van der Waals surface area contributed by atoms with Crippen molar-refractivity contribution >= 4 is 34.0 Å². The average molecular weight is 444 g/mol. The molecule has 1 unspecified atom stereocenters. The van der Waals surface area contributed by atoms with Crippen LogP contribution in [-0.2, 0) is 11.2 Å². The van der Waals surface area contributed by atoms with Crippen molar-refractivity contribution < 1.29 is 4.79 Å². The van der Waals surface area contributed by atoms with Gasteiger partial charge in [0.2, 0.25) is 16.2 Å². The number of amides is 1. The summed E-state index contributed by atoms with van der Waals surface area (Å²) in [5, 5.41) is 14.4. The number of hydrogen-bond acceptors (Lipinski definition) is 5. The van der Waals surface area contributed by atoms with Crippen molar-refractivity contribution in [3.05, 3.63) is 58.4 Å². The molecule has 6 nitrogen and oxygen atoms in total. The van der Waals surface area contributed by atoms with Gasteiger partial charge in [-0.15, -0.1) is 10.2 Å². The van der Waals surface area contributed by atoms with Crippen LogP contribution in [-0.4, -0.2) is 40.3 Å². The monoisotopic (exact) mass is 443 g/mol. The summed E-state index contributed by atoms with van der Waals surface area (Å²) in [6.45, 7) is 6.36.